The van der Waals surface area contributed by atoms with Crippen molar-refractivity contribution in [1.29, 1.82) is 0 Å². The summed E-state index contributed by atoms with van der Waals surface area (Å²) in [5.74, 6) is 0.223. The summed E-state index contributed by atoms with van der Waals surface area (Å²) in [7, 11) is 0. The Morgan fingerprint density at radius 1 is 0.949 bits per heavy atom. The highest BCUT2D eigenvalue weighted by Gasteiger charge is 2.35. The highest BCUT2D eigenvalue weighted by atomic mass is 35.5. The van der Waals surface area contributed by atoms with E-state index in [0.29, 0.717) is 60.4 Å². The predicted molar refractivity (Wildman–Crippen MR) is 147 cm³/mol. The summed E-state index contributed by atoms with van der Waals surface area (Å²) in [5.41, 5.74) is 13.5. The van der Waals surface area contributed by atoms with Gasteiger partial charge >= 0.3 is 0 Å². The summed E-state index contributed by atoms with van der Waals surface area (Å²) in [5, 5.41) is 37.0. The Bertz CT molecular complexity index is 1320. The summed E-state index contributed by atoms with van der Waals surface area (Å²) in [6.07, 6.45) is -0.356. The summed E-state index contributed by atoms with van der Waals surface area (Å²) in [6, 6.07) is 10.8. The molecule has 9 N–H and O–H groups in total. The maximum atomic E-state index is 12.5. The van der Waals surface area contributed by atoms with E-state index in [1.807, 2.05) is 4.90 Å². The topological polar surface area (TPSA) is 196 Å². The summed E-state index contributed by atoms with van der Waals surface area (Å²) < 4.78 is 0. The molecule has 12 nitrogen and oxygen atoms in total. The molecule has 13 heteroatoms. The maximum absolute atomic E-state index is 12.5. The molecule has 1 unspecified atom stereocenters. The lowest BCUT2D eigenvalue weighted by Crippen LogP contribution is -2.53. The predicted octanol–water partition coefficient (Wildman–Crippen LogP) is 1.69. The fourth-order valence-electron chi connectivity index (χ4n) is 4.95. The fraction of sp³-hybridized carbons (Fsp3) is 0.385. The number of carbonyl (C=O) groups excluding carboxylic acids is 1. The molecule has 1 aliphatic heterocycles. The van der Waals surface area contributed by atoms with E-state index in [4.69, 9.17) is 23.1 Å². The Labute approximate surface area is 230 Å². The second kappa shape index (κ2) is 11.3. The SMILES string of the molecule is N[C@@H]1C[C@H](N)CN(c2nc(Nc3ccc(NC(=O)c4ccc(Cl)cc4)c(O)c3)nc(C3C[C@@H](O)[C@@H](O)C3)n2)C1. The number of piperidine rings is 1. The minimum absolute atomic E-state index is 0.131. The van der Waals surface area contributed by atoms with Gasteiger partial charge in [-0.05, 0) is 55.7 Å². The molecule has 2 aromatic carbocycles. The number of benzene rings is 2. The van der Waals surface area contributed by atoms with E-state index >= 15 is 0 Å². The molecule has 2 aliphatic rings. The molecule has 1 aromatic heterocycles. The van der Waals surface area contributed by atoms with E-state index in [-0.39, 0.29) is 35.4 Å². The number of aromatic hydroxyl groups is 1. The highest BCUT2D eigenvalue weighted by Crippen LogP contribution is 2.35. The number of hydrogen-bond donors (Lipinski definition) is 7. The lowest BCUT2D eigenvalue weighted by atomic mass is 10.0. The van der Waals surface area contributed by atoms with Gasteiger partial charge < -0.3 is 42.3 Å². The van der Waals surface area contributed by atoms with Gasteiger partial charge in [-0.2, -0.15) is 15.0 Å². The zero-order valence-electron chi connectivity index (χ0n) is 21.0. The van der Waals surface area contributed by atoms with Crippen molar-refractivity contribution < 1.29 is 20.1 Å². The van der Waals surface area contributed by atoms with Crippen LogP contribution in [0, 0.1) is 0 Å². The number of aromatic nitrogens is 3. The Morgan fingerprint density at radius 2 is 1.62 bits per heavy atom. The van der Waals surface area contributed by atoms with Crippen LogP contribution in [0.1, 0.15) is 41.4 Å². The minimum Gasteiger partial charge on any atom is -0.506 e. The molecule has 39 heavy (non-hydrogen) atoms. The number of rotatable bonds is 6. The zero-order valence-corrected chi connectivity index (χ0v) is 21.8. The van der Waals surface area contributed by atoms with Gasteiger partial charge in [-0.3, -0.25) is 4.79 Å². The van der Waals surface area contributed by atoms with Crippen LogP contribution >= 0.6 is 11.6 Å². The first-order valence-electron chi connectivity index (χ1n) is 12.7. The Hall–Kier alpha value is -3.55. The second-order valence-corrected chi connectivity index (χ2v) is 10.5. The maximum Gasteiger partial charge on any atom is 0.255 e. The van der Waals surface area contributed by atoms with Crippen molar-refractivity contribution in [3.8, 4) is 5.75 Å². The van der Waals surface area contributed by atoms with Crippen molar-refractivity contribution in [2.75, 3.05) is 28.6 Å². The first-order chi connectivity index (χ1) is 18.6. The number of hydrogen-bond acceptors (Lipinski definition) is 11. The van der Waals surface area contributed by atoms with E-state index in [1.54, 1.807) is 36.4 Å². The molecule has 0 bridgehead atoms. The van der Waals surface area contributed by atoms with Gasteiger partial charge in [-0.1, -0.05) is 11.6 Å². The van der Waals surface area contributed by atoms with Crippen molar-refractivity contribution in [1.82, 2.24) is 15.0 Å². The van der Waals surface area contributed by atoms with E-state index in [0.717, 1.165) is 0 Å². The number of carbonyl (C=O) groups is 1. The van der Waals surface area contributed by atoms with Crippen molar-refractivity contribution >= 4 is 40.8 Å². The molecule has 0 spiro atoms. The quantitative estimate of drug-likeness (QED) is 0.219. The largest absolute Gasteiger partial charge is 0.506 e. The number of anilines is 4. The molecule has 2 fully saturated rings. The first kappa shape index (κ1) is 27.0. The zero-order chi connectivity index (χ0) is 27.7. The standard InChI is InChI=1S/C26H31ClN8O4/c27-15-3-1-13(2-4-15)24(39)31-19-6-5-18(10-20(19)36)30-25-32-23(14-7-21(37)22(38)8-14)33-26(34-25)35-11-16(28)9-17(29)12-35/h1-6,10,14,16-17,21-22,36-38H,7-9,11-12,28-29H2,(H,31,39)(H,30,32,33,34)/t14?,16-,17+,21-,22+. The number of phenolic OH excluding ortho intramolecular Hbond substituents is 1. The van der Waals surface area contributed by atoms with Crippen molar-refractivity contribution in [3.05, 3.63) is 58.9 Å². The number of aliphatic hydroxyl groups excluding tert-OH is 2. The van der Waals surface area contributed by atoms with Gasteiger partial charge in [-0.25, -0.2) is 0 Å². The minimum atomic E-state index is -0.851. The van der Waals surface area contributed by atoms with Crippen LogP contribution in [0.5, 0.6) is 5.75 Å². The number of phenols is 1. The van der Waals surface area contributed by atoms with Crippen LogP contribution in [0.3, 0.4) is 0 Å². The van der Waals surface area contributed by atoms with E-state index in [2.05, 4.69) is 25.6 Å². The third kappa shape index (κ3) is 6.37. The molecule has 5 atom stereocenters. The van der Waals surface area contributed by atoms with Crippen LogP contribution in [0.2, 0.25) is 5.02 Å². The van der Waals surface area contributed by atoms with Crippen LogP contribution in [0.4, 0.5) is 23.3 Å². The van der Waals surface area contributed by atoms with Crippen molar-refractivity contribution in [3.63, 3.8) is 0 Å². The van der Waals surface area contributed by atoms with Crippen LogP contribution in [-0.4, -0.2) is 73.6 Å². The highest BCUT2D eigenvalue weighted by molar-refractivity contribution is 6.30. The van der Waals surface area contributed by atoms with Crippen LogP contribution in [0.25, 0.3) is 0 Å². The van der Waals surface area contributed by atoms with Gasteiger partial charge in [0.2, 0.25) is 11.9 Å². The van der Waals surface area contributed by atoms with Crippen LogP contribution in [0.15, 0.2) is 42.5 Å². The second-order valence-electron chi connectivity index (χ2n) is 10.1. The molecular formula is C26H31ClN8O4. The van der Waals surface area contributed by atoms with E-state index in [1.165, 1.54) is 6.07 Å². The van der Waals surface area contributed by atoms with E-state index < -0.39 is 18.1 Å². The molecule has 1 saturated carbocycles. The van der Waals surface area contributed by atoms with Crippen LogP contribution in [-0.2, 0) is 0 Å². The number of halogens is 1. The fourth-order valence-corrected chi connectivity index (χ4v) is 5.07. The lowest BCUT2D eigenvalue weighted by molar-refractivity contribution is 0.0438. The molecular weight excluding hydrogens is 524 g/mol. The number of nitrogens with two attached hydrogens (primary N) is 2. The normalized spacial score (nSPS) is 24.9. The van der Waals surface area contributed by atoms with Crippen LogP contribution < -0.4 is 27.0 Å². The van der Waals surface area contributed by atoms with Gasteiger partial charge in [0.25, 0.3) is 5.91 Å². The molecule has 1 saturated heterocycles. The third-order valence-corrected chi connectivity index (χ3v) is 7.16. The average Bonchev–Trinajstić information content (AvgIpc) is 3.23. The van der Waals surface area contributed by atoms with Gasteiger partial charge in [0.05, 0.1) is 17.9 Å². The smallest absolute Gasteiger partial charge is 0.255 e. The molecule has 1 aliphatic carbocycles. The third-order valence-electron chi connectivity index (χ3n) is 6.91. The summed E-state index contributed by atoms with van der Waals surface area (Å²) in [6.45, 7) is 1.05. The number of aliphatic hydroxyl groups is 2. The Kier molecular flexibility index (Phi) is 7.82. The van der Waals surface area contributed by atoms with Gasteiger partial charge in [0.1, 0.15) is 11.6 Å². The monoisotopic (exact) mass is 554 g/mol. The summed E-state index contributed by atoms with van der Waals surface area (Å²) in [4.78, 5) is 28.2. The number of nitrogens with one attached hydrogen (secondary N) is 2. The van der Waals surface area contributed by atoms with Gasteiger partial charge in [-0.15, -0.1) is 0 Å². The number of amides is 1. The molecule has 1 amide bonds. The molecule has 2 heterocycles. The Balaban J connectivity index is 1.38. The molecule has 5 rings (SSSR count). The van der Waals surface area contributed by atoms with Gasteiger partial charge in [0, 0.05) is 53.4 Å². The van der Waals surface area contributed by atoms with Crippen molar-refractivity contribution in [2.24, 2.45) is 11.5 Å². The van der Waals surface area contributed by atoms with Crippen molar-refractivity contribution in [2.45, 2.75) is 49.5 Å². The summed E-state index contributed by atoms with van der Waals surface area (Å²) >= 11 is 5.88. The first-order valence-corrected chi connectivity index (χ1v) is 13.1. The number of nitrogens with zero attached hydrogens (tertiary/aromatic N) is 4. The lowest BCUT2D eigenvalue weighted by Gasteiger charge is -2.34. The van der Waals surface area contributed by atoms with Gasteiger partial charge in [0.15, 0.2) is 0 Å². The molecule has 0 radical (unpaired) electrons. The Morgan fingerprint density at radius 3 is 2.26 bits per heavy atom. The molecule has 206 valence electrons. The van der Waals surface area contributed by atoms with E-state index in [9.17, 15) is 20.1 Å². The molecule has 3 aromatic rings. The average molecular weight is 555 g/mol.